The number of carbonyl (C=O) groups excluding carboxylic acids is 1. The van der Waals surface area contributed by atoms with E-state index in [9.17, 15) is 4.79 Å². The average molecular weight is 366 g/mol. The van der Waals surface area contributed by atoms with Crippen molar-refractivity contribution in [2.45, 2.75) is 44.9 Å². The van der Waals surface area contributed by atoms with Gasteiger partial charge in [0.15, 0.2) is 5.96 Å². The Balaban J connectivity index is 1.88. The van der Waals surface area contributed by atoms with Crippen LogP contribution in [0, 0.1) is 5.92 Å². The minimum Gasteiger partial charge on any atom is -0.356 e. The molecule has 1 aromatic rings. The molecule has 140 valence electrons. The van der Waals surface area contributed by atoms with Crippen LogP contribution in [0.3, 0.4) is 0 Å². The number of aromatic nitrogens is 1. The van der Waals surface area contributed by atoms with E-state index in [-0.39, 0.29) is 12.5 Å². The number of aliphatic imine (C=N–C) groups is 1. The van der Waals surface area contributed by atoms with Gasteiger partial charge in [0, 0.05) is 44.7 Å². The van der Waals surface area contributed by atoms with E-state index in [1.54, 1.807) is 30.3 Å². The summed E-state index contributed by atoms with van der Waals surface area (Å²) in [6.45, 7) is 3.99. The first kappa shape index (κ1) is 19.7. The molecule has 1 aliphatic rings. The second-order valence-electron chi connectivity index (χ2n) is 6.99. The zero-order chi connectivity index (χ0) is 18.1. The van der Waals surface area contributed by atoms with Gasteiger partial charge in [-0.1, -0.05) is 26.2 Å². The summed E-state index contributed by atoms with van der Waals surface area (Å²) < 4.78 is 0. The number of likely N-dealkylation sites (N-methyl/N-ethyl adjacent to an activating group) is 1. The van der Waals surface area contributed by atoms with E-state index in [2.05, 4.69) is 27.5 Å². The van der Waals surface area contributed by atoms with Crippen molar-refractivity contribution in [1.82, 2.24) is 20.5 Å². The summed E-state index contributed by atoms with van der Waals surface area (Å²) in [7, 11) is 3.51. The molecule has 0 bridgehead atoms. The molecule has 1 atom stereocenters. The number of nitrogens with one attached hydrogen (secondary N) is 2. The Bertz CT molecular complexity index is 538. The van der Waals surface area contributed by atoms with E-state index in [1.807, 2.05) is 11.6 Å². The number of nitrogens with zero attached hydrogens (tertiary/aromatic N) is 3. The molecule has 2 N–H and O–H groups in total. The van der Waals surface area contributed by atoms with Crippen molar-refractivity contribution in [3.8, 4) is 0 Å². The van der Waals surface area contributed by atoms with Gasteiger partial charge in [0.1, 0.15) is 6.54 Å². The summed E-state index contributed by atoms with van der Waals surface area (Å²) >= 11 is 1.67. The lowest BCUT2D eigenvalue weighted by molar-refractivity contribution is -0.127. The van der Waals surface area contributed by atoms with Crippen LogP contribution in [0.2, 0.25) is 0 Å². The molecule has 1 saturated carbocycles. The van der Waals surface area contributed by atoms with Gasteiger partial charge in [-0.05, 0) is 18.8 Å². The molecular formula is C18H31N5OS. The van der Waals surface area contributed by atoms with Crippen molar-refractivity contribution >= 4 is 23.2 Å². The number of rotatable bonds is 7. The third-order valence-corrected chi connectivity index (χ3v) is 5.61. The third-order valence-electron chi connectivity index (χ3n) is 4.60. The van der Waals surface area contributed by atoms with Crippen LogP contribution < -0.4 is 10.6 Å². The smallest absolute Gasteiger partial charge is 0.243 e. The topological polar surface area (TPSA) is 69.6 Å². The predicted molar refractivity (Wildman–Crippen MR) is 104 cm³/mol. The third kappa shape index (κ3) is 7.02. The molecule has 1 aromatic heterocycles. The zero-order valence-electron chi connectivity index (χ0n) is 15.6. The van der Waals surface area contributed by atoms with Gasteiger partial charge in [-0.25, -0.2) is 9.98 Å². The molecule has 0 radical (unpaired) electrons. The highest BCUT2D eigenvalue weighted by Crippen LogP contribution is 2.22. The highest BCUT2D eigenvalue weighted by atomic mass is 32.1. The van der Waals surface area contributed by atoms with Crippen molar-refractivity contribution in [1.29, 1.82) is 0 Å². The number of amides is 1. The van der Waals surface area contributed by atoms with Crippen molar-refractivity contribution in [3.63, 3.8) is 0 Å². The molecule has 1 fully saturated rings. The lowest BCUT2D eigenvalue weighted by atomic mass is 9.89. The fraction of sp³-hybridized carbons (Fsp3) is 0.722. The molecule has 2 rings (SSSR count). The minimum atomic E-state index is 0.00624. The first-order valence-corrected chi connectivity index (χ1v) is 10.1. The lowest BCUT2D eigenvalue weighted by Crippen LogP contribution is -2.42. The SMILES string of the molecule is CC(CNC(=NCC(=O)N(C)C)NCC1CCCCC1)c1nccs1. The van der Waals surface area contributed by atoms with Gasteiger partial charge in [0.05, 0.1) is 5.01 Å². The van der Waals surface area contributed by atoms with Crippen LogP contribution in [0.1, 0.15) is 50.0 Å². The number of guanidine groups is 1. The van der Waals surface area contributed by atoms with E-state index in [0.29, 0.717) is 11.8 Å². The number of carbonyl (C=O) groups is 1. The Kier molecular flexibility index (Phi) is 8.18. The fourth-order valence-corrected chi connectivity index (χ4v) is 3.61. The molecule has 1 heterocycles. The van der Waals surface area contributed by atoms with Crippen LogP contribution >= 0.6 is 11.3 Å². The summed E-state index contributed by atoms with van der Waals surface area (Å²) in [5.41, 5.74) is 0. The predicted octanol–water partition coefficient (Wildman–Crippen LogP) is 2.45. The summed E-state index contributed by atoms with van der Waals surface area (Å²) in [5, 5.41) is 9.92. The number of hydrogen-bond donors (Lipinski definition) is 2. The summed E-state index contributed by atoms with van der Waals surface area (Å²) in [5.74, 6) is 1.75. The Morgan fingerprint density at radius 3 is 2.76 bits per heavy atom. The molecule has 1 aliphatic carbocycles. The first-order valence-electron chi connectivity index (χ1n) is 9.18. The van der Waals surface area contributed by atoms with E-state index in [0.717, 1.165) is 24.1 Å². The zero-order valence-corrected chi connectivity index (χ0v) is 16.4. The number of hydrogen-bond acceptors (Lipinski definition) is 4. The van der Waals surface area contributed by atoms with Crippen molar-refractivity contribution in [3.05, 3.63) is 16.6 Å². The van der Waals surface area contributed by atoms with Gasteiger partial charge in [0.25, 0.3) is 0 Å². The second-order valence-corrected chi connectivity index (χ2v) is 7.92. The Labute approximate surface area is 155 Å². The van der Waals surface area contributed by atoms with Gasteiger partial charge in [0.2, 0.25) is 5.91 Å². The van der Waals surface area contributed by atoms with Gasteiger partial charge in [-0.15, -0.1) is 11.3 Å². The monoisotopic (exact) mass is 365 g/mol. The van der Waals surface area contributed by atoms with Crippen molar-refractivity contribution in [2.75, 3.05) is 33.7 Å². The van der Waals surface area contributed by atoms with E-state index in [4.69, 9.17) is 0 Å². The molecule has 25 heavy (non-hydrogen) atoms. The normalized spacial score (nSPS) is 17.2. The number of thiazole rings is 1. The van der Waals surface area contributed by atoms with Gasteiger partial charge < -0.3 is 15.5 Å². The van der Waals surface area contributed by atoms with Gasteiger partial charge in [-0.3, -0.25) is 4.79 Å². The van der Waals surface area contributed by atoms with Crippen LogP contribution in [-0.2, 0) is 4.79 Å². The molecule has 0 aliphatic heterocycles. The molecule has 1 amide bonds. The van der Waals surface area contributed by atoms with Crippen LogP contribution in [0.4, 0.5) is 0 Å². The molecule has 6 nitrogen and oxygen atoms in total. The van der Waals surface area contributed by atoms with E-state index in [1.165, 1.54) is 32.1 Å². The Hall–Kier alpha value is -1.63. The quantitative estimate of drug-likeness (QED) is 0.575. The molecular weight excluding hydrogens is 334 g/mol. The summed E-state index contributed by atoms with van der Waals surface area (Å²) in [6, 6.07) is 0. The molecule has 0 spiro atoms. The maximum absolute atomic E-state index is 11.8. The lowest BCUT2D eigenvalue weighted by Gasteiger charge is -2.23. The minimum absolute atomic E-state index is 0.00624. The average Bonchev–Trinajstić information content (AvgIpc) is 3.16. The van der Waals surface area contributed by atoms with Gasteiger partial charge >= 0.3 is 0 Å². The molecule has 0 saturated heterocycles. The highest BCUT2D eigenvalue weighted by Gasteiger charge is 2.15. The van der Waals surface area contributed by atoms with Crippen LogP contribution in [-0.4, -0.2) is 55.5 Å². The largest absolute Gasteiger partial charge is 0.356 e. The Morgan fingerprint density at radius 2 is 2.12 bits per heavy atom. The van der Waals surface area contributed by atoms with E-state index >= 15 is 0 Å². The Morgan fingerprint density at radius 1 is 1.36 bits per heavy atom. The standard InChI is InChI=1S/C18H31N5OS/c1-14(17-19-9-10-25-17)11-20-18(22-13-16(24)23(2)3)21-12-15-7-5-4-6-8-15/h9-10,14-15H,4-8,11-13H2,1-3H3,(H2,20,21,22). The first-order chi connectivity index (χ1) is 12.1. The van der Waals surface area contributed by atoms with Crippen LogP contribution in [0.25, 0.3) is 0 Å². The van der Waals surface area contributed by atoms with Crippen molar-refractivity contribution in [2.24, 2.45) is 10.9 Å². The van der Waals surface area contributed by atoms with E-state index < -0.39 is 0 Å². The maximum atomic E-state index is 11.8. The summed E-state index contributed by atoms with van der Waals surface area (Å²) in [4.78, 5) is 22.2. The molecule has 1 unspecified atom stereocenters. The molecule has 7 heteroatoms. The fourth-order valence-electron chi connectivity index (χ4n) is 2.91. The van der Waals surface area contributed by atoms with Crippen molar-refractivity contribution < 1.29 is 4.79 Å². The van der Waals surface area contributed by atoms with Crippen LogP contribution in [0.15, 0.2) is 16.6 Å². The van der Waals surface area contributed by atoms with Crippen LogP contribution in [0.5, 0.6) is 0 Å². The second kappa shape index (κ2) is 10.4. The summed E-state index contributed by atoms with van der Waals surface area (Å²) in [6.07, 6.45) is 8.42. The maximum Gasteiger partial charge on any atom is 0.243 e. The molecule has 0 aromatic carbocycles. The van der Waals surface area contributed by atoms with Gasteiger partial charge in [-0.2, -0.15) is 0 Å². The highest BCUT2D eigenvalue weighted by molar-refractivity contribution is 7.09.